The van der Waals surface area contributed by atoms with Crippen LogP contribution in [0.15, 0.2) is 66.7 Å². The number of methoxy groups -OCH3 is 1. The van der Waals surface area contributed by atoms with Crippen molar-refractivity contribution in [2.75, 3.05) is 31.8 Å². The van der Waals surface area contributed by atoms with Crippen molar-refractivity contribution in [3.63, 3.8) is 0 Å². The van der Waals surface area contributed by atoms with Gasteiger partial charge in [-0.1, -0.05) is 63.2 Å². The van der Waals surface area contributed by atoms with Crippen LogP contribution in [0.4, 0.5) is 11.4 Å². The Labute approximate surface area is 205 Å². The van der Waals surface area contributed by atoms with Crippen LogP contribution < -0.4 is 27.3 Å². The van der Waals surface area contributed by atoms with Crippen LogP contribution in [0.25, 0.3) is 0 Å². The molecule has 0 aliphatic rings. The second-order valence-electron chi connectivity index (χ2n) is 6.80. The molecule has 0 aromatic heterocycles. The molecule has 184 valence electrons. The molecule has 0 bridgehead atoms. The molecule has 7 N–H and O–H groups in total. The predicted octanol–water partition coefficient (Wildman–Crippen LogP) is 5.31. The summed E-state index contributed by atoms with van der Waals surface area (Å²) in [6.45, 7) is 7.55. The molecule has 0 spiro atoms. The van der Waals surface area contributed by atoms with E-state index in [0.29, 0.717) is 17.9 Å². The van der Waals surface area contributed by atoms with Crippen molar-refractivity contribution in [1.82, 2.24) is 0 Å². The first-order valence-electron chi connectivity index (χ1n) is 11.6. The van der Waals surface area contributed by atoms with Gasteiger partial charge in [-0.05, 0) is 54.4 Å². The van der Waals surface area contributed by atoms with E-state index in [2.05, 4.69) is 54.4 Å². The van der Waals surface area contributed by atoms with Crippen molar-refractivity contribution < 1.29 is 4.74 Å². The number of nitrogens with two attached hydrogens (primary N) is 3. The molecule has 0 aliphatic heterocycles. The lowest BCUT2D eigenvalue weighted by molar-refractivity contribution is 0.414. The maximum atomic E-state index is 8.71. The Hall–Kier alpha value is -3.53. The van der Waals surface area contributed by atoms with Gasteiger partial charge in [0, 0.05) is 30.9 Å². The number of hydrogen-bond acceptors (Lipinski definition) is 6. The van der Waals surface area contributed by atoms with E-state index in [4.69, 9.17) is 21.5 Å². The van der Waals surface area contributed by atoms with Crippen LogP contribution in [0, 0.1) is 11.3 Å². The number of nitrogen functional groups attached to an aromatic ring is 1. The van der Waals surface area contributed by atoms with E-state index in [0.717, 1.165) is 30.6 Å². The van der Waals surface area contributed by atoms with Gasteiger partial charge in [-0.3, -0.25) is 0 Å². The summed E-state index contributed by atoms with van der Waals surface area (Å²) in [6, 6.07) is 23.8. The summed E-state index contributed by atoms with van der Waals surface area (Å²) in [7, 11) is 3.07. The van der Waals surface area contributed by atoms with Crippen LogP contribution >= 0.6 is 0 Å². The van der Waals surface area contributed by atoms with E-state index in [1.165, 1.54) is 23.9 Å². The van der Waals surface area contributed by atoms with Gasteiger partial charge in [0.1, 0.15) is 5.75 Å². The van der Waals surface area contributed by atoms with Gasteiger partial charge in [-0.25, -0.2) is 0 Å². The molecule has 0 saturated carbocycles. The Morgan fingerprint density at radius 2 is 1.53 bits per heavy atom. The highest BCUT2D eigenvalue weighted by atomic mass is 16.5. The topological polar surface area (TPSA) is 123 Å². The molecule has 6 nitrogen and oxygen atoms in total. The zero-order chi connectivity index (χ0) is 25.8. The van der Waals surface area contributed by atoms with Crippen LogP contribution in [0.1, 0.15) is 49.4 Å². The molecular weight excluding hydrogens is 422 g/mol. The maximum Gasteiger partial charge on any atom is 0.120 e. The van der Waals surface area contributed by atoms with Gasteiger partial charge in [0.05, 0.1) is 18.7 Å². The highest BCUT2D eigenvalue weighted by Gasteiger charge is 2.04. The summed E-state index contributed by atoms with van der Waals surface area (Å²) in [5.74, 6) is 0.684. The largest absolute Gasteiger partial charge is 0.497 e. The normalized spacial score (nSPS) is 9.00. The number of nitrogens with one attached hydrogen (secondary N) is 1. The number of hydrogen-bond donors (Lipinski definition) is 4. The average Bonchev–Trinajstić information content (AvgIpc) is 2.91. The minimum atomic E-state index is 0.382. The van der Waals surface area contributed by atoms with Crippen molar-refractivity contribution >= 4 is 11.4 Å². The summed E-state index contributed by atoms with van der Waals surface area (Å²) < 4.78 is 4.96. The van der Waals surface area contributed by atoms with Crippen LogP contribution in [-0.2, 0) is 13.0 Å². The quantitative estimate of drug-likeness (QED) is 0.352. The van der Waals surface area contributed by atoms with Gasteiger partial charge in [0.2, 0.25) is 0 Å². The number of rotatable bonds is 7. The molecule has 0 fully saturated rings. The van der Waals surface area contributed by atoms with Crippen molar-refractivity contribution in [3.8, 4) is 11.8 Å². The van der Waals surface area contributed by atoms with Gasteiger partial charge in [-0.15, -0.1) is 0 Å². The molecule has 0 radical (unpaired) electrons. The van der Waals surface area contributed by atoms with Gasteiger partial charge < -0.3 is 27.3 Å². The summed E-state index contributed by atoms with van der Waals surface area (Å²) in [4.78, 5) is 0. The first-order chi connectivity index (χ1) is 16.6. The third-order valence-corrected chi connectivity index (χ3v) is 4.68. The van der Waals surface area contributed by atoms with E-state index in [1.807, 2.05) is 32.0 Å². The molecule has 0 amide bonds. The molecule has 6 heteroatoms. The van der Waals surface area contributed by atoms with Crippen molar-refractivity contribution in [3.05, 3.63) is 89.0 Å². The number of nitriles is 1. The summed E-state index contributed by atoms with van der Waals surface area (Å²) in [5, 5.41) is 12.2. The molecule has 3 aromatic carbocycles. The number of nitrogens with zero attached hydrogens (tertiary/aromatic N) is 1. The third-order valence-electron chi connectivity index (χ3n) is 4.68. The van der Waals surface area contributed by atoms with E-state index < -0.39 is 0 Å². The maximum absolute atomic E-state index is 8.71. The highest BCUT2D eigenvalue weighted by Crippen LogP contribution is 2.22. The smallest absolute Gasteiger partial charge is 0.120 e. The van der Waals surface area contributed by atoms with Crippen LogP contribution in [0.2, 0.25) is 0 Å². The molecule has 0 heterocycles. The standard InChI is InChI=1S/C16H20N2.C9H10N2O.C2H6.CH5N/c1-2-11-18-16-10-6-4-8-14(16)12-13-7-3-5-9-15(13)17;1-12-9-3-2-7(5-10)8(4-9)6-11;2*1-2/h3-10,18H,2,11-12,17H2,1H3;2-4H,5,10H2,1H3;1-2H3;2H2,1H3. The zero-order valence-corrected chi connectivity index (χ0v) is 21.3. The Balaban J connectivity index is 0.000000592. The molecule has 0 aliphatic carbocycles. The van der Waals surface area contributed by atoms with E-state index in [9.17, 15) is 0 Å². The number of anilines is 2. The Morgan fingerprint density at radius 1 is 0.912 bits per heavy atom. The molecule has 0 saturated heterocycles. The van der Waals surface area contributed by atoms with Crippen molar-refractivity contribution in [2.45, 2.75) is 40.2 Å². The lowest BCUT2D eigenvalue weighted by Gasteiger charge is -2.12. The molecule has 3 rings (SSSR count). The second kappa shape index (κ2) is 19.0. The van der Waals surface area contributed by atoms with Gasteiger partial charge >= 0.3 is 0 Å². The first kappa shape index (κ1) is 30.5. The van der Waals surface area contributed by atoms with Crippen LogP contribution in [0.5, 0.6) is 5.75 Å². The summed E-state index contributed by atoms with van der Waals surface area (Å²) >= 11 is 0. The average molecular weight is 464 g/mol. The number of para-hydroxylation sites is 2. The Bertz CT molecular complexity index is 983. The highest BCUT2D eigenvalue weighted by molar-refractivity contribution is 5.56. The minimum absolute atomic E-state index is 0.382. The lowest BCUT2D eigenvalue weighted by Crippen LogP contribution is -2.04. The zero-order valence-electron chi connectivity index (χ0n) is 21.3. The molecule has 0 atom stereocenters. The number of ether oxygens (including phenoxy) is 1. The van der Waals surface area contributed by atoms with E-state index in [-0.39, 0.29) is 0 Å². The molecule has 0 unspecified atom stereocenters. The third kappa shape index (κ3) is 10.4. The Kier molecular flexibility index (Phi) is 17.0. The molecule has 34 heavy (non-hydrogen) atoms. The minimum Gasteiger partial charge on any atom is -0.497 e. The van der Waals surface area contributed by atoms with Crippen molar-refractivity contribution in [2.24, 2.45) is 11.5 Å². The number of benzene rings is 3. The van der Waals surface area contributed by atoms with Gasteiger partial charge in [-0.2, -0.15) is 5.26 Å². The summed E-state index contributed by atoms with van der Waals surface area (Å²) in [6.07, 6.45) is 2.00. The SMILES string of the molecule is CC.CCCNc1ccccc1Cc1ccccc1N.CN.COc1ccc(CN)c(C#N)c1. The second-order valence-corrected chi connectivity index (χ2v) is 6.80. The van der Waals surface area contributed by atoms with Crippen LogP contribution in [0.3, 0.4) is 0 Å². The van der Waals surface area contributed by atoms with Crippen LogP contribution in [-0.4, -0.2) is 20.7 Å². The fraction of sp³-hybridized carbons (Fsp3) is 0.321. The van der Waals surface area contributed by atoms with Gasteiger partial charge in [0.15, 0.2) is 0 Å². The van der Waals surface area contributed by atoms with E-state index in [1.54, 1.807) is 25.3 Å². The van der Waals surface area contributed by atoms with Crippen molar-refractivity contribution in [1.29, 1.82) is 5.26 Å². The molecule has 3 aromatic rings. The molecular formula is C28H41N5O. The monoisotopic (exact) mass is 463 g/mol. The lowest BCUT2D eigenvalue weighted by atomic mass is 10.0. The predicted molar refractivity (Wildman–Crippen MR) is 146 cm³/mol. The fourth-order valence-corrected chi connectivity index (χ4v) is 2.97. The van der Waals surface area contributed by atoms with Gasteiger partial charge in [0.25, 0.3) is 0 Å². The fourth-order valence-electron chi connectivity index (χ4n) is 2.97. The Morgan fingerprint density at radius 3 is 2.09 bits per heavy atom. The first-order valence-corrected chi connectivity index (χ1v) is 11.6. The summed E-state index contributed by atoms with van der Waals surface area (Å²) in [5.41, 5.74) is 21.9. The van der Waals surface area contributed by atoms with E-state index >= 15 is 0 Å².